The van der Waals surface area contributed by atoms with Crippen LogP contribution < -0.4 is 24.6 Å². The third-order valence-electron chi connectivity index (χ3n) is 7.31. The minimum atomic E-state index is -0.149. The Kier molecular flexibility index (Phi) is 7.23. The Morgan fingerprint density at radius 2 is 1.81 bits per heavy atom. The number of nitrogens with one attached hydrogen (secondary N) is 1. The number of carbonyl (C=O) groups excluding carboxylic acids is 1. The molecule has 3 aromatic carbocycles. The molecule has 0 aliphatic carbocycles. The molecule has 0 radical (unpaired) electrons. The van der Waals surface area contributed by atoms with Crippen LogP contribution in [0.2, 0.25) is 5.02 Å². The fourth-order valence-electron chi connectivity index (χ4n) is 5.44. The first-order valence-electron chi connectivity index (χ1n) is 12.4. The minimum absolute atomic E-state index is 0.0540. The first-order valence-corrected chi connectivity index (χ1v) is 12.8. The van der Waals surface area contributed by atoms with Crippen molar-refractivity contribution in [3.8, 4) is 11.5 Å². The van der Waals surface area contributed by atoms with Gasteiger partial charge in [-0.1, -0.05) is 41.9 Å². The summed E-state index contributed by atoms with van der Waals surface area (Å²) in [4.78, 5) is 18.3. The van der Waals surface area contributed by atoms with Crippen LogP contribution >= 0.6 is 11.6 Å². The van der Waals surface area contributed by atoms with Gasteiger partial charge in [-0.25, -0.2) is 0 Å². The molecule has 6 nitrogen and oxygen atoms in total. The van der Waals surface area contributed by atoms with E-state index in [2.05, 4.69) is 39.4 Å². The molecule has 2 unspecified atom stereocenters. The molecule has 7 heteroatoms. The van der Waals surface area contributed by atoms with E-state index >= 15 is 0 Å². The van der Waals surface area contributed by atoms with Crippen molar-refractivity contribution in [2.75, 3.05) is 50.2 Å². The summed E-state index contributed by atoms with van der Waals surface area (Å²) in [6, 6.07) is 22.2. The molecule has 2 heterocycles. The van der Waals surface area contributed by atoms with E-state index in [1.54, 1.807) is 14.2 Å². The second kappa shape index (κ2) is 10.7. The van der Waals surface area contributed by atoms with E-state index in [1.165, 1.54) is 16.8 Å². The maximum absolute atomic E-state index is 13.6. The van der Waals surface area contributed by atoms with Crippen LogP contribution in [0.15, 0.2) is 66.7 Å². The zero-order valence-electron chi connectivity index (χ0n) is 20.7. The second-order valence-corrected chi connectivity index (χ2v) is 9.79. The standard InChI is InChI=1S/C29H32ClN3O3/c1-35-23-10-7-20(8-11-23)13-14-31-29(34)24-17-21-5-3-4-6-25(21)33-16-15-32(19-27(24)33)26-18-22(30)9-12-28(26)36-2/h3-12,18,24,27H,13-17,19H2,1-2H3,(H,31,34). The van der Waals surface area contributed by atoms with Gasteiger partial charge in [0.25, 0.3) is 0 Å². The van der Waals surface area contributed by atoms with E-state index in [1.807, 2.05) is 42.5 Å². The van der Waals surface area contributed by atoms with Gasteiger partial charge >= 0.3 is 0 Å². The largest absolute Gasteiger partial charge is 0.497 e. The van der Waals surface area contributed by atoms with Gasteiger partial charge in [0, 0.05) is 36.9 Å². The van der Waals surface area contributed by atoms with Crippen LogP contribution in [0.25, 0.3) is 0 Å². The number of fused-ring (bicyclic) bond motifs is 3. The Balaban J connectivity index is 1.34. The molecule has 1 N–H and O–H groups in total. The van der Waals surface area contributed by atoms with Gasteiger partial charge in [-0.3, -0.25) is 4.79 Å². The predicted molar refractivity (Wildman–Crippen MR) is 145 cm³/mol. The van der Waals surface area contributed by atoms with Crippen LogP contribution in [0.3, 0.4) is 0 Å². The maximum Gasteiger partial charge on any atom is 0.225 e. The number of carbonyl (C=O) groups is 1. The number of hydrogen-bond donors (Lipinski definition) is 1. The number of ether oxygens (including phenoxy) is 2. The molecule has 2 atom stereocenters. The molecule has 0 saturated carbocycles. The topological polar surface area (TPSA) is 54.0 Å². The van der Waals surface area contributed by atoms with Crippen LogP contribution in [0.4, 0.5) is 11.4 Å². The number of amides is 1. The van der Waals surface area contributed by atoms with Gasteiger partial charge in [0.1, 0.15) is 11.5 Å². The number of benzene rings is 3. The third-order valence-corrected chi connectivity index (χ3v) is 7.55. The normalized spacial score (nSPS) is 18.8. The summed E-state index contributed by atoms with van der Waals surface area (Å²) in [5, 5.41) is 3.89. The second-order valence-electron chi connectivity index (χ2n) is 9.35. The van der Waals surface area contributed by atoms with Crippen molar-refractivity contribution in [3.63, 3.8) is 0 Å². The third kappa shape index (κ3) is 4.96. The summed E-state index contributed by atoms with van der Waals surface area (Å²) in [5.41, 5.74) is 4.62. The van der Waals surface area contributed by atoms with Crippen LogP contribution in [-0.4, -0.2) is 52.3 Å². The number of anilines is 2. The Morgan fingerprint density at radius 1 is 1.00 bits per heavy atom. The molecular formula is C29H32ClN3O3. The number of para-hydroxylation sites is 1. The fraction of sp³-hybridized carbons (Fsp3) is 0.345. The van der Waals surface area contributed by atoms with Gasteiger partial charge in [0.05, 0.1) is 31.9 Å². The van der Waals surface area contributed by atoms with Crippen LogP contribution in [0, 0.1) is 5.92 Å². The van der Waals surface area contributed by atoms with Crippen molar-refractivity contribution in [3.05, 3.63) is 82.9 Å². The Bertz CT molecular complexity index is 1220. The number of methoxy groups -OCH3 is 2. The van der Waals surface area contributed by atoms with E-state index in [9.17, 15) is 4.79 Å². The lowest BCUT2D eigenvalue weighted by atomic mass is 9.83. The van der Waals surface area contributed by atoms with Gasteiger partial charge in [-0.15, -0.1) is 0 Å². The predicted octanol–water partition coefficient (Wildman–Crippen LogP) is 4.58. The molecule has 1 saturated heterocycles. The molecule has 5 rings (SSSR count). The molecule has 0 spiro atoms. The molecule has 0 aromatic heterocycles. The lowest BCUT2D eigenvalue weighted by Crippen LogP contribution is -2.61. The molecule has 0 bridgehead atoms. The summed E-state index contributed by atoms with van der Waals surface area (Å²) < 4.78 is 10.9. The average Bonchev–Trinajstić information content (AvgIpc) is 2.92. The van der Waals surface area contributed by atoms with E-state index in [4.69, 9.17) is 21.1 Å². The molecule has 1 fully saturated rings. The summed E-state index contributed by atoms with van der Waals surface area (Å²) in [7, 11) is 3.34. The number of hydrogen-bond acceptors (Lipinski definition) is 5. The Morgan fingerprint density at radius 3 is 2.58 bits per heavy atom. The van der Waals surface area contributed by atoms with Crippen LogP contribution in [-0.2, 0) is 17.6 Å². The number of halogens is 1. The summed E-state index contributed by atoms with van der Waals surface area (Å²) >= 11 is 6.34. The van der Waals surface area contributed by atoms with Crippen molar-refractivity contribution >= 4 is 28.9 Å². The number of rotatable bonds is 7. The van der Waals surface area contributed by atoms with E-state index in [0.29, 0.717) is 11.6 Å². The lowest BCUT2D eigenvalue weighted by molar-refractivity contribution is -0.125. The Labute approximate surface area is 217 Å². The SMILES string of the molecule is COc1ccc(CCNC(=O)C2Cc3ccccc3N3CCN(c4cc(Cl)ccc4OC)CC23)cc1. The lowest BCUT2D eigenvalue weighted by Gasteiger charge is -2.49. The van der Waals surface area contributed by atoms with E-state index in [0.717, 1.165) is 49.7 Å². The van der Waals surface area contributed by atoms with E-state index < -0.39 is 0 Å². The van der Waals surface area contributed by atoms with Crippen molar-refractivity contribution in [2.45, 2.75) is 18.9 Å². The summed E-state index contributed by atoms with van der Waals surface area (Å²) in [5.74, 6) is 1.59. The van der Waals surface area contributed by atoms with Crippen molar-refractivity contribution in [1.29, 1.82) is 0 Å². The highest BCUT2D eigenvalue weighted by Gasteiger charge is 2.41. The van der Waals surface area contributed by atoms with Crippen molar-refractivity contribution in [1.82, 2.24) is 5.32 Å². The molecule has 1 amide bonds. The highest BCUT2D eigenvalue weighted by molar-refractivity contribution is 6.31. The number of nitrogens with zero attached hydrogens (tertiary/aromatic N) is 2. The van der Waals surface area contributed by atoms with Gasteiger partial charge in [0.2, 0.25) is 5.91 Å². The molecule has 2 aliphatic rings. The first kappa shape index (κ1) is 24.3. The first-order chi connectivity index (χ1) is 17.6. The minimum Gasteiger partial charge on any atom is -0.497 e. The van der Waals surface area contributed by atoms with Crippen LogP contribution in [0.1, 0.15) is 11.1 Å². The average molecular weight is 506 g/mol. The summed E-state index contributed by atoms with van der Waals surface area (Å²) in [6.07, 6.45) is 1.51. The van der Waals surface area contributed by atoms with Crippen molar-refractivity contribution < 1.29 is 14.3 Å². The van der Waals surface area contributed by atoms with E-state index in [-0.39, 0.29) is 17.9 Å². The molecule has 188 valence electrons. The Hall–Kier alpha value is -3.38. The number of piperazine rings is 1. The zero-order valence-corrected chi connectivity index (χ0v) is 21.5. The van der Waals surface area contributed by atoms with Gasteiger partial charge in [-0.2, -0.15) is 0 Å². The van der Waals surface area contributed by atoms with Crippen LogP contribution in [0.5, 0.6) is 11.5 Å². The fourth-order valence-corrected chi connectivity index (χ4v) is 5.61. The molecule has 3 aromatic rings. The zero-order chi connectivity index (χ0) is 25.1. The smallest absolute Gasteiger partial charge is 0.225 e. The highest BCUT2D eigenvalue weighted by atomic mass is 35.5. The maximum atomic E-state index is 13.6. The van der Waals surface area contributed by atoms with Gasteiger partial charge < -0.3 is 24.6 Å². The monoisotopic (exact) mass is 505 g/mol. The van der Waals surface area contributed by atoms with Gasteiger partial charge in [0.15, 0.2) is 0 Å². The quantitative estimate of drug-likeness (QED) is 0.509. The summed E-state index contributed by atoms with van der Waals surface area (Å²) in [6.45, 7) is 2.98. The highest BCUT2D eigenvalue weighted by Crippen LogP contribution is 2.39. The van der Waals surface area contributed by atoms with Gasteiger partial charge in [-0.05, 0) is 60.4 Å². The molecule has 36 heavy (non-hydrogen) atoms. The molecule has 2 aliphatic heterocycles. The van der Waals surface area contributed by atoms with Crippen molar-refractivity contribution in [2.24, 2.45) is 5.92 Å². The molecular weight excluding hydrogens is 474 g/mol.